The van der Waals surface area contributed by atoms with E-state index in [2.05, 4.69) is 0 Å². The quantitative estimate of drug-likeness (QED) is 0.406. The molecule has 0 bridgehead atoms. The van der Waals surface area contributed by atoms with Crippen LogP contribution in [0.5, 0.6) is 17.2 Å². The van der Waals surface area contributed by atoms with E-state index in [1.807, 2.05) is 32.0 Å². The second kappa shape index (κ2) is 13.7. The zero-order valence-corrected chi connectivity index (χ0v) is 20.5. The number of hydrogen-bond donors (Lipinski definition) is 1. The number of carbonyl (C=O) groups is 2. The maximum absolute atomic E-state index is 13.2. The number of phenolic OH excluding ortho intramolecular Hbond substituents is 1. The molecule has 0 spiro atoms. The van der Waals surface area contributed by atoms with E-state index in [0.717, 1.165) is 22.3 Å². The average Bonchev–Trinajstić information content (AvgIpc) is 2.79. The highest BCUT2D eigenvalue weighted by atomic mass is 19.1. The fraction of sp³-hybridized carbons (Fsp3) is 0.286. The van der Waals surface area contributed by atoms with Crippen molar-refractivity contribution in [3.05, 3.63) is 88.7 Å². The summed E-state index contributed by atoms with van der Waals surface area (Å²) in [6.45, 7) is 7.98. The molecule has 0 fully saturated rings. The van der Waals surface area contributed by atoms with Gasteiger partial charge >= 0.3 is 11.9 Å². The molecule has 0 saturated carbocycles. The van der Waals surface area contributed by atoms with Crippen molar-refractivity contribution >= 4 is 11.9 Å². The van der Waals surface area contributed by atoms with E-state index >= 15 is 0 Å². The monoisotopic (exact) mass is 482 g/mol. The molecule has 0 amide bonds. The number of halogens is 1. The van der Waals surface area contributed by atoms with Crippen LogP contribution in [0.15, 0.2) is 60.7 Å². The molecule has 0 aliphatic carbocycles. The topological polar surface area (TPSA) is 82.1 Å². The number of phenols is 1. The van der Waals surface area contributed by atoms with Gasteiger partial charge in [-0.25, -0.2) is 4.39 Å². The van der Waals surface area contributed by atoms with Crippen LogP contribution < -0.4 is 4.74 Å². The lowest BCUT2D eigenvalue weighted by atomic mass is 10.1. The lowest BCUT2D eigenvalue weighted by Crippen LogP contribution is -2.07. The molecule has 7 heteroatoms. The lowest BCUT2D eigenvalue weighted by molar-refractivity contribution is -0.143. The Kier molecular flexibility index (Phi) is 10.8. The van der Waals surface area contributed by atoms with E-state index in [9.17, 15) is 19.1 Å². The average molecular weight is 483 g/mol. The first-order valence-corrected chi connectivity index (χ1v) is 11.3. The Morgan fingerprint density at radius 2 is 1.37 bits per heavy atom. The molecule has 0 aliphatic rings. The third kappa shape index (κ3) is 9.49. The molecule has 3 rings (SSSR count). The van der Waals surface area contributed by atoms with Crippen LogP contribution in [0.2, 0.25) is 0 Å². The van der Waals surface area contributed by atoms with Crippen molar-refractivity contribution in [1.82, 2.24) is 0 Å². The zero-order chi connectivity index (χ0) is 25.8. The number of rotatable bonds is 8. The van der Waals surface area contributed by atoms with E-state index in [0.29, 0.717) is 24.7 Å². The van der Waals surface area contributed by atoms with Gasteiger partial charge in [-0.1, -0.05) is 30.3 Å². The summed E-state index contributed by atoms with van der Waals surface area (Å²) in [6.07, 6.45) is 0.398. The summed E-state index contributed by atoms with van der Waals surface area (Å²) in [4.78, 5) is 22.6. The molecule has 186 valence electrons. The molecular formula is C28H31FO6. The van der Waals surface area contributed by atoms with Crippen LogP contribution >= 0.6 is 0 Å². The van der Waals surface area contributed by atoms with Crippen molar-refractivity contribution in [3.63, 3.8) is 0 Å². The molecule has 0 aromatic heterocycles. The minimum atomic E-state index is -0.354. The second-order valence-corrected chi connectivity index (χ2v) is 7.74. The van der Waals surface area contributed by atoms with E-state index in [4.69, 9.17) is 14.2 Å². The molecule has 3 aromatic carbocycles. The molecule has 6 nitrogen and oxygen atoms in total. The van der Waals surface area contributed by atoms with Gasteiger partial charge in [0, 0.05) is 6.07 Å². The van der Waals surface area contributed by atoms with Crippen LogP contribution in [0.1, 0.15) is 36.1 Å². The molecule has 0 unspecified atom stereocenters. The summed E-state index contributed by atoms with van der Waals surface area (Å²) in [5.41, 5.74) is 3.28. The maximum atomic E-state index is 13.2. The van der Waals surface area contributed by atoms with Gasteiger partial charge in [-0.2, -0.15) is 0 Å². The fourth-order valence-corrected chi connectivity index (χ4v) is 3.04. The highest BCUT2D eigenvalue weighted by Gasteiger charge is 2.09. The van der Waals surface area contributed by atoms with Crippen molar-refractivity contribution < 1.29 is 33.3 Å². The highest BCUT2D eigenvalue weighted by molar-refractivity contribution is 5.73. The SMILES string of the molecule is CCOC(=O)Cc1ccc(C)c(O)c1.CCOC(=O)Cc1ccc(C)c(Oc2cccc(F)c2)c1. The number of carbonyl (C=O) groups excluding carboxylic acids is 2. The predicted octanol–water partition coefficient (Wildman–Crippen LogP) is 5.84. The first kappa shape index (κ1) is 27.4. The summed E-state index contributed by atoms with van der Waals surface area (Å²) >= 11 is 0. The Morgan fingerprint density at radius 1 is 0.800 bits per heavy atom. The van der Waals surface area contributed by atoms with Gasteiger partial charge in [0.05, 0.1) is 26.1 Å². The third-order valence-corrected chi connectivity index (χ3v) is 4.86. The van der Waals surface area contributed by atoms with Gasteiger partial charge in [-0.15, -0.1) is 0 Å². The summed E-state index contributed by atoms with van der Waals surface area (Å²) < 4.78 is 28.6. The van der Waals surface area contributed by atoms with Crippen molar-refractivity contribution in [2.75, 3.05) is 13.2 Å². The Hall–Kier alpha value is -3.87. The van der Waals surface area contributed by atoms with Crippen LogP contribution in [-0.2, 0) is 31.9 Å². The number of aryl methyl sites for hydroxylation is 2. The van der Waals surface area contributed by atoms with Crippen molar-refractivity contribution in [2.45, 2.75) is 40.5 Å². The summed E-state index contributed by atoms with van der Waals surface area (Å²) in [5, 5.41) is 9.39. The number of aromatic hydroxyl groups is 1. The molecule has 0 saturated heterocycles. The van der Waals surface area contributed by atoms with Crippen LogP contribution in [0.25, 0.3) is 0 Å². The predicted molar refractivity (Wildman–Crippen MR) is 131 cm³/mol. The van der Waals surface area contributed by atoms with E-state index < -0.39 is 0 Å². The molecule has 35 heavy (non-hydrogen) atoms. The number of ether oxygens (including phenoxy) is 3. The van der Waals surface area contributed by atoms with Gasteiger partial charge in [-0.05, 0) is 74.2 Å². The van der Waals surface area contributed by atoms with Crippen molar-refractivity contribution in [1.29, 1.82) is 0 Å². The van der Waals surface area contributed by atoms with Gasteiger partial charge in [0.15, 0.2) is 0 Å². The number of benzene rings is 3. The van der Waals surface area contributed by atoms with E-state index in [1.54, 1.807) is 44.2 Å². The van der Waals surface area contributed by atoms with Gasteiger partial charge in [0.1, 0.15) is 23.1 Å². The molecule has 1 N–H and O–H groups in total. The molecule has 3 aromatic rings. The Bertz CT molecular complexity index is 1140. The summed E-state index contributed by atoms with van der Waals surface area (Å²) in [6, 6.07) is 16.6. The highest BCUT2D eigenvalue weighted by Crippen LogP contribution is 2.27. The fourth-order valence-electron chi connectivity index (χ4n) is 3.04. The molecule has 0 heterocycles. The maximum Gasteiger partial charge on any atom is 0.310 e. The molecular weight excluding hydrogens is 451 g/mol. The van der Waals surface area contributed by atoms with Gasteiger partial charge in [0.25, 0.3) is 0 Å². The van der Waals surface area contributed by atoms with Crippen LogP contribution in [0.4, 0.5) is 4.39 Å². The Morgan fingerprint density at radius 3 is 1.91 bits per heavy atom. The summed E-state index contributed by atoms with van der Waals surface area (Å²) in [7, 11) is 0. The first-order chi connectivity index (χ1) is 16.7. The smallest absolute Gasteiger partial charge is 0.310 e. The van der Waals surface area contributed by atoms with E-state index in [-0.39, 0.29) is 36.3 Å². The Balaban J connectivity index is 0.000000269. The zero-order valence-electron chi connectivity index (χ0n) is 20.5. The number of hydrogen-bond acceptors (Lipinski definition) is 6. The van der Waals surface area contributed by atoms with Crippen molar-refractivity contribution in [2.24, 2.45) is 0 Å². The normalized spacial score (nSPS) is 10.1. The molecule has 0 radical (unpaired) electrons. The second-order valence-electron chi connectivity index (χ2n) is 7.74. The van der Waals surface area contributed by atoms with Crippen molar-refractivity contribution in [3.8, 4) is 17.2 Å². The van der Waals surface area contributed by atoms with Crippen LogP contribution in [-0.4, -0.2) is 30.3 Å². The number of esters is 2. The van der Waals surface area contributed by atoms with Crippen LogP contribution in [0, 0.1) is 19.7 Å². The van der Waals surface area contributed by atoms with Gasteiger partial charge < -0.3 is 19.3 Å². The molecule has 0 atom stereocenters. The lowest BCUT2D eigenvalue weighted by Gasteiger charge is -2.10. The van der Waals surface area contributed by atoms with Crippen LogP contribution in [0.3, 0.4) is 0 Å². The summed E-state index contributed by atoms with van der Waals surface area (Å²) in [5.74, 6) is 0.335. The van der Waals surface area contributed by atoms with E-state index in [1.165, 1.54) is 12.1 Å². The molecule has 0 aliphatic heterocycles. The standard InChI is InChI=1S/C17H17FO3.C11H14O3/c1-3-20-17(19)10-13-8-7-12(2)16(9-13)21-15-6-4-5-14(18)11-15;1-3-14-11(13)7-9-5-4-8(2)10(12)6-9/h4-9,11H,3,10H2,1-2H3;4-6,12H,3,7H2,1-2H3. The minimum Gasteiger partial charge on any atom is -0.508 e. The van der Waals surface area contributed by atoms with Gasteiger partial charge in [0.2, 0.25) is 0 Å². The minimum absolute atomic E-state index is 0.188. The van der Waals surface area contributed by atoms with Gasteiger partial charge in [-0.3, -0.25) is 9.59 Å². The Labute approximate surface area is 205 Å². The largest absolute Gasteiger partial charge is 0.508 e. The third-order valence-electron chi connectivity index (χ3n) is 4.86. The first-order valence-electron chi connectivity index (χ1n) is 11.3.